The van der Waals surface area contributed by atoms with Crippen LogP contribution in [0.15, 0.2) is 60.8 Å². The molecule has 0 aromatic carbocycles. The van der Waals surface area contributed by atoms with Gasteiger partial charge in [-0.25, -0.2) is 0 Å². The molecule has 0 fully saturated rings. The number of hydrogen-bond acceptors (Lipinski definition) is 2. The van der Waals surface area contributed by atoms with Crippen LogP contribution >= 0.6 is 0 Å². The second-order valence-corrected chi connectivity index (χ2v) is 5.02. The monoisotopic (exact) mass is 301 g/mol. The van der Waals surface area contributed by atoms with Gasteiger partial charge in [0.1, 0.15) is 0 Å². The second kappa shape index (κ2) is 17.2. The molecule has 0 aromatic heterocycles. The first-order chi connectivity index (χ1) is 10.8. The molecule has 0 rings (SSSR count). The molecule has 0 aromatic rings. The topological polar surface area (TPSA) is 40.1 Å². The van der Waals surface area contributed by atoms with Gasteiger partial charge >= 0.3 is 0 Å². The lowest BCUT2D eigenvalue weighted by atomic mass is 10.2. The van der Waals surface area contributed by atoms with Crippen LogP contribution in [0.2, 0.25) is 0 Å². The van der Waals surface area contributed by atoms with E-state index in [0.29, 0.717) is 6.42 Å². The average Bonchev–Trinajstić information content (AvgIpc) is 2.50. The maximum atomic E-state index is 10.2. The fraction of sp³-hybridized carbons (Fsp3) is 0.450. The van der Waals surface area contributed by atoms with Crippen LogP contribution in [0.4, 0.5) is 0 Å². The van der Waals surface area contributed by atoms with Gasteiger partial charge in [0.25, 0.3) is 0 Å². The summed E-state index contributed by atoms with van der Waals surface area (Å²) in [5, 5.41) is 10.2. The number of rotatable bonds is 13. The summed E-state index contributed by atoms with van der Waals surface area (Å²) in [4.78, 5) is 10.2. The number of hydrogen-bond donors (Lipinski definition) is 0. The van der Waals surface area contributed by atoms with Crippen LogP contribution in [0, 0.1) is 0 Å². The third-order valence-corrected chi connectivity index (χ3v) is 2.94. The first-order valence-electron chi connectivity index (χ1n) is 8.25. The summed E-state index contributed by atoms with van der Waals surface area (Å²) in [6, 6.07) is 0. The fourth-order valence-electron chi connectivity index (χ4n) is 1.75. The summed E-state index contributed by atoms with van der Waals surface area (Å²) >= 11 is 0. The van der Waals surface area contributed by atoms with Gasteiger partial charge in [0.05, 0.1) is 0 Å². The number of unbranched alkanes of at least 4 members (excludes halogenated alkanes) is 3. The minimum Gasteiger partial charge on any atom is -0.550 e. The van der Waals surface area contributed by atoms with Gasteiger partial charge in [-0.3, -0.25) is 0 Å². The third-order valence-electron chi connectivity index (χ3n) is 2.94. The van der Waals surface area contributed by atoms with Crippen molar-refractivity contribution in [2.24, 2.45) is 0 Å². The Morgan fingerprint density at radius 3 is 2.00 bits per heavy atom. The van der Waals surface area contributed by atoms with E-state index in [4.69, 9.17) is 0 Å². The van der Waals surface area contributed by atoms with Crippen molar-refractivity contribution >= 4 is 5.97 Å². The molecule has 0 saturated heterocycles. The standard InChI is InChI=1S/C20H30O2/c1-2-3-4-5-6-7-8-9-10-11-12-13-14-15-16-17-18-19-20(21)22/h3-4,6-7,11-16H,2,5,8-10,17-19H2,1H3,(H,21,22)/p-1/b4-3-,7-6-,12-11+,14-13+,16-15-. The molecule has 0 N–H and O–H groups in total. The van der Waals surface area contributed by atoms with Gasteiger partial charge in [0.2, 0.25) is 0 Å². The van der Waals surface area contributed by atoms with Crippen LogP contribution in [0.1, 0.15) is 58.3 Å². The van der Waals surface area contributed by atoms with Crippen molar-refractivity contribution in [1.82, 2.24) is 0 Å². The number of aliphatic carboxylic acids is 1. The molecule has 0 amide bonds. The van der Waals surface area contributed by atoms with Crippen molar-refractivity contribution in [3.63, 3.8) is 0 Å². The van der Waals surface area contributed by atoms with Gasteiger partial charge in [0, 0.05) is 5.97 Å². The van der Waals surface area contributed by atoms with Gasteiger partial charge in [0.15, 0.2) is 0 Å². The van der Waals surface area contributed by atoms with E-state index in [9.17, 15) is 9.90 Å². The van der Waals surface area contributed by atoms with Gasteiger partial charge < -0.3 is 9.90 Å². The quantitative estimate of drug-likeness (QED) is 0.282. The van der Waals surface area contributed by atoms with Crippen LogP contribution < -0.4 is 5.11 Å². The van der Waals surface area contributed by atoms with Crippen LogP contribution in [0.25, 0.3) is 0 Å². The number of allylic oxidation sites excluding steroid dienone is 10. The van der Waals surface area contributed by atoms with E-state index in [-0.39, 0.29) is 6.42 Å². The Hall–Kier alpha value is -1.83. The van der Waals surface area contributed by atoms with E-state index < -0.39 is 5.97 Å². The number of carboxylic acid groups (broad SMARTS) is 1. The van der Waals surface area contributed by atoms with E-state index in [2.05, 4.69) is 43.4 Å². The summed E-state index contributed by atoms with van der Waals surface area (Å²) < 4.78 is 0. The lowest BCUT2D eigenvalue weighted by Gasteiger charge is -1.96. The van der Waals surface area contributed by atoms with E-state index in [0.717, 1.165) is 32.1 Å². The molecule has 0 bridgehead atoms. The molecule has 2 heteroatoms. The molecule has 0 atom stereocenters. The van der Waals surface area contributed by atoms with Gasteiger partial charge in [-0.2, -0.15) is 0 Å². The van der Waals surface area contributed by atoms with Crippen LogP contribution in [-0.4, -0.2) is 5.97 Å². The maximum Gasteiger partial charge on any atom is 0.0414 e. The minimum absolute atomic E-state index is 0.136. The van der Waals surface area contributed by atoms with E-state index in [1.165, 1.54) is 6.42 Å². The van der Waals surface area contributed by atoms with Crippen molar-refractivity contribution in [3.05, 3.63) is 60.8 Å². The Balaban J connectivity index is 3.46. The van der Waals surface area contributed by atoms with Crippen molar-refractivity contribution in [2.45, 2.75) is 58.3 Å². The third kappa shape index (κ3) is 18.2. The van der Waals surface area contributed by atoms with E-state index >= 15 is 0 Å². The zero-order valence-electron chi connectivity index (χ0n) is 13.7. The van der Waals surface area contributed by atoms with Crippen LogP contribution in [-0.2, 0) is 4.79 Å². The molecule has 0 aliphatic heterocycles. The van der Waals surface area contributed by atoms with Crippen LogP contribution in [0.3, 0.4) is 0 Å². The molecule has 0 unspecified atom stereocenters. The Labute approximate surface area is 135 Å². The molecule has 22 heavy (non-hydrogen) atoms. The SMILES string of the molecule is CC/C=C\C/C=C\CCC/C=C/C=C/C=C\CCCC(=O)[O-]. The number of carbonyl (C=O) groups is 1. The van der Waals surface area contributed by atoms with Crippen LogP contribution in [0.5, 0.6) is 0 Å². The predicted molar refractivity (Wildman–Crippen MR) is 93.3 cm³/mol. The first-order valence-corrected chi connectivity index (χ1v) is 8.25. The zero-order chi connectivity index (χ0) is 16.3. The Morgan fingerprint density at radius 1 is 0.773 bits per heavy atom. The highest BCUT2D eigenvalue weighted by molar-refractivity contribution is 5.64. The molecule has 0 radical (unpaired) electrons. The maximum absolute atomic E-state index is 10.2. The Bertz CT molecular complexity index is 398. The summed E-state index contributed by atoms with van der Waals surface area (Å²) in [5.41, 5.74) is 0. The number of carbonyl (C=O) groups excluding carboxylic acids is 1. The summed E-state index contributed by atoms with van der Waals surface area (Å²) in [7, 11) is 0. The van der Waals surface area contributed by atoms with Gasteiger partial charge in [-0.05, 0) is 51.4 Å². The average molecular weight is 301 g/mol. The molecular formula is C20H29O2-. The molecule has 0 saturated carbocycles. The van der Waals surface area contributed by atoms with Crippen molar-refractivity contribution in [1.29, 1.82) is 0 Å². The number of carboxylic acids is 1. The molecule has 0 spiro atoms. The highest BCUT2D eigenvalue weighted by Gasteiger charge is 1.83. The van der Waals surface area contributed by atoms with Gasteiger partial charge in [-0.1, -0.05) is 67.7 Å². The van der Waals surface area contributed by atoms with E-state index in [1.807, 2.05) is 24.3 Å². The highest BCUT2D eigenvalue weighted by Crippen LogP contribution is 2.00. The Kier molecular flexibility index (Phi) is 15.8. The Morgan fingerprint density at radius 2 is 1.36 bits per heavy atom. The summed E-state index contributed by atoms with van der Waals surface area (Å²) in [6.45, 7) is 2.15. The summed E-state index contributed by atoms with van der Waals surface area (Å²) in [5.74, 6) is -0.973. The molecular weight excluding hydrogens is 272 g/mol. The lowest BCUT2D eigenvalue weighted by Crippen LogP contribution is -2.21. The normalized spacial score (nSPS) is 12.8. The summed E-state index contributed by atoms with van der Waals surface area (Å²) in [6.07, 6.45) is 28.1. The highest BCUT2D eigenvalue weighted by atomic mass is 16.4. The largest absolute Gasteiger partial charge is 0.550 e. The molecule has 0 heterocycles. The fourth-order valence-corrected chi connectivity index (χ4v) is 1.75. The first kappa shape index (κ1) is 20.2. The molecule has 2 nitrogen and oxygen atoms in total. The van der Waals surface area contributed by atoms with E-state index in [1.54, 1.807) is 0 Å². The van der Waals surface area contributed by atoms with Crippen molar-refractivity contribution < 1.29 is 9.90 Å². The smallest absolute Gasteiger partial charge is 0.0414 e. The zero-order valence-corrected chi connectivity index (χ0v) is 13.7. The van der Waals surface area contributed by atoms with Crippen molar-refractivity contribution in [3.8, 4) is 0 Å². The molecule has 0 aliphatic carbocycles. The lowest BCUT2D eigenvalue weighted by molar-refractivity contribution is -0.305. The molecule has 0 aliphatic rings. The predicted octanol–water partition coefficient (Wildman–Crippen LogP) is 4.66. The minimum atomic E-state index is -0.973. The van der Waals surface area contributed by atoms with Crippen molar-refractivity contribution in [2.75, 3.05) is 0 Å². The van der Waals surface area contributed by atoms with Gasteiger partial charge in [-0.15, -0.1) is 0 Å². The molecule has 122 valence electrons. The second-order valence-electron chi connectivity index (χ2n) is 5.02.